The highest BCUT2D eigenvalue weighted by atomic mass is 15.2. The molecule has 2 rings (SSSR count). The van der Waals surface area contributed by atoms with Crippen LogP contribution in [-0.4, -0.2) is 26.8 Å². The first kappa shape index (κ1) is 11.7. The van der Waals surface area contributed by atoms with Crippen molar-refractivity contribution in [2.45, 2.75) is 18.9 Å². The van der Waals surface area contributed by atoms with Crippen LogP contribution in [0.4, 0.5) is 0 Å². The molecule has 0 saturated carbocycles. The van der Waals surface area contributed by atoms with Gasteiger partial charge in [-0.3, -0.25) is 14.6 Å². The third-order valence-corrected chi connectivity index (χ3v) is 2.90. The Balaban J connectivity index is 1.99. The van der Waals surface area contributed by atoms with Gasteiger partial charge < -0.3 is 5.32 Å². The van der Waals surface area contributed by atoms with E-state index in [0.29, 0.717) is 0 Å². The summed E-state index contributed by atoms with van der Waals surface area (Å²) in [5, 5.41) is 7.43. The highest BCUT2D eigenvalue weighted by molar-refractivity contribution is 5.05. The van der Waals surface area contributed by atoms with Crippen LogP contribution in [0.15, 0.2) is 30.9 Å². The van der Waals surface area contributed by atoms with Gasteiger partial charge in [-0.05, 0) is 26.0 Å². The predicted octanol–water partition coefficient (Wildman–Crippen LogP) is 1.10. The zero-order valence-electron chi connectivity index (χ0n) is 10.2. The maximum absolute atomic E-state index is 4.32. The van der Waals surface area contributed by atoms with Gasteiger partial charge in [-0.2, -0.15) is 5.10 Å². The van der Waals surface area contributed by atoms with Crippen molar-refractivity contribution in [3.8, 4) is 0 Å². The summed E-state index contributed by atoms with van der Waals surface area (Å²) in [4.78, 5) is 8.42. The summed E-state index contributed by atoms with van der Waals surface area (Å²) < 4.78 is 1.91. The fourth-order valence-corrected chi connectivity index (χ4v) is 1.87. The van der Waals surface area contributed by atoms with E-state index in [-0.39, 0.29) is 6.04 Å². The Morgan fingerprint density at radius 3 is 2.82 bits per heavy atom. The molecule has 0 aliphatic carbocycles. The number of aromatic nitrogens is 4. The molecule has 0 saturated heterocycles. The molecule has 5 nitrogen and oxygen atoms in total. The second kappa shape index (κ2) is 5.54. The minimum Gasteiger partial charge on any atom is -0.312 e. The van der Waals surface area contributed by atoms with E-state index in [1.54, 1.807) is 12.4 Å². The maximum atomic E-state index is 4.32. The van der Waals surface area contributed by atoms with Gasteiger partial charge in [0.05, 0.1) is 11.7 Å². The Morgan fingerprint density at radius 1 is 1.35 bits per heavy atom. The lowest BCUT2D eigenvalue weighted by molar-refractivity contribution is 0.522. The van der Waals surface area contributed by atoms with Crippen LogP contribution in [-0.2, 0) is 13.5 Å². The number of hydrogen-bond donors (Lipinski definition) is 1. The second-order valence-corrected chi connectivity index (χ2v) is 3.96. The molecular weight excluding hydrogens is 214 g/mol. The first-order valence-electron chi connectivity index (χ1n) is 5.71. The summed E-state index contributed by atoms with van der Waals surface area (Å²) in [5.74, 6) is 0. The molecule has 0 amide bonds. The molecule has 0 radical (unpaired) electrons. The quantitative estimate of drug-likeness (QED) is 0.837. The van der Waals surface area contributed by atoms with Crippen molar-refractivity contribution in [1.29, 1.82) is 0 Å². The molecule has 5 heteroatoms. The number of nitrogens with one attached hydrogen (secondary N) is 1. The molecular formula is C12H17N5. The molecule has 0 spiro atoms. The van der Waals surface area contributed by atoms with E-state index in [9.17, 15) is 0 Å². The van der Waals surface area contributed by atoms with Gasteiger partial charge in [0.2, 0.25) is 0 Å². The Bertz CT molecular complexity index is 451. The average molecular weight is 231 g/mol. The lowest BCUT2D eigenvalue weighted by Crippen LogP contribution is -2.19. The Morgan fingerprint density at radius 2 is 2.24 bits per heavy atom. The van der Waals surface area contributed by atoms with Crippen LogP contribution >= 0.6 is 0 Å². The predicted molar refractivity (Wildman–Crippen MR) is 65.4 cm³/mol. The van der Waals surface area contributed by atoms with Crippen LogP contribution in [0.1, 0.15) is 23.9 Å². The van der Waals surface area contributed by atoms with E-state index in [1.165, 1.54) is 5.69 Å². The van der Waals surface area contributed by atoms with Crippen LogP contribution in [0, 0.1) is 0 Å². The molecule has 2 heterocycles. The Hall–Kier alpha value is -1.75. The molecule has 0 fully saturated rings. The molecule has 90 valence electrons. The van der Waals surface area contributed by atoms with Gasteiger partial charge in [0.1, 0.15) is 0 Å². The number of aryl methyl sites for hydroxylation is 2. The van der Waals surface area contributed by atoms with Crippen LogP contribution in [0.3, 0.4) is 0 Å². The van der Waals surface area contributed by atoms with Crippen LogP contribution in [0.2, 0.25) is 0 Å². The Labute approximate surface area is 101 Å². The first-order chi connectivity index (χ1) is 8.31. The van der Waals surface area contributed by atoms with E-state index >= 15 is 0 Å². The Kier molecular flexibility index (Phi) is 3.82. The van der Waals surface area contributed by atoms with Gasteiger partial charge in [-0.15, -0.1) is 0 Å². The van der Waals surface area contributed by atoms with Crippen molar-refractivity contribution in [2.75, 3.05) is 7.05 Å². The summed E-state index contributed by atoms with van der Waals surface area (Å²) >= 11 is 0. The van der Waals surface area contributed by atoms with E-state index in [0.717, 1.165) is 18.5 Å². The minimum atomic E-state index is 0.235. The van der Waals surface area contributed by atoms with Gasteiger partial charge in [0.15, 0.2) is 0 Å². The van der Waals surface area contributed by atoms with Crippen LogP contribution in [0.5, 0.6) is 0 Å². The van der Waals surface area contributed by atoms with Gasteiger partial charge in [0, 0.05) is 37.5 Å². The summed E-state index contributed by atoms with van der Waals surface area (Å²) in [6.07, 6.45) is 9.00. The minimum absolute atomic E-state index is 0.235. The third kappa shape index (κ3) is 2.88. The number of hydrogen-bond acceptors (Lipinski definition) is 4. The molecule has 1 unspecified atom stereocenters. The zero-order valence-corrected chi connectivity index (χ0v) is 10.2. The molecule has 1 atom stereocenters. The van der Waals surface area contributed by atoms with Crippen molar-refractivity contribution >= 4 is 0 Å². The zero-order chi connectivity index (χ0) is 12.1. The van der Waals surface area contributed by atoms with Crippen LogP contribution < -0.4 is 5.32 Å². The van der Waals surface area contributed by atoms with E-state index in [1.807, 2.05) is 37.2 Å². The molecule has 1 N–H and O–H groups in total. The first-order valence-corrected chi connectivity index (χ1v) is 5.71. The largest absolute Gasteiger partial charge is 0.312 e. The molecule has 2 aromatic rings. The van der Waals surface area contributed by atoms with Gasteiger partial charge in [-0.25, -0.2) is 0 Å². The van der Waals surface area contributed by atoms with E-state index < -0.39 is 0 Å². The van der Waals surface area contributed by atoms with E-state index in [4.69, 9.17) is 0 Å². The van der Waals surface area contributed by atoms with Crippen molar-refractivity contribution in [2.24, 2.45) is 7.05 Å². The van der Waals surface area contributed by atoms with Crippen molar-refractivity contribution < 1.29 is 0 Å². The molecule has 0 aliphatic heterocycles. The number of nitrogens with zero attached hydrogens (tertiary/aromatic N) is 4. The summed E-state index contributed by atoms with van der Waals surface area (Å²) in [6, 6.07) is 2.28. The van der Waals surface area contributed by atoms with Gasteiger partial charge >= 0.3 is 0 Å². The molecule has 2 aromatic heterocycles. The van der Waals surface area contributed by atoms with Crippen molar-refractivity contribution in [1.82, 2.24) is 25.1 Å². The van der Waals surface area contributed by atoms with Crippen LogP contribution in [0.25, 0.3) is 0 Å². The van der Waals surface area contributed by atoms with Crippen molar-refractivity contribution in [3.63, 3.8) is 0 Å². The molecule has 17 heavy (non-hydrogen) atoms. The SMILES string of the molecule is CNC(CCc1ccnn1C)c1cnccn1. The fourth-order valence-electron chi connectivity index (χ4n) is 1.87. The van der Waals surface area contributed by atoms with Crippen molar-refractivity contribution in [3.05, 3.63) is 42.2 Å². The smallest absolute Gasteiger partial charge is 0.0756 e. The lowest BCUT2D eigenvalue weighted by Gasteiger charge is -2.14. The maximum Gasteiger partial charge on any atom is 0.0756 e. The standard InChI is InChI=1S/C12H17N5/c1-13-11(12-9-14-7-8-15-12)4-3-10-5-6-16-17(10)2/h5-9,11,13H,3-4H2,1-2H3. The summed E-state index contributed by atoms with van der Waals surface area (Å²) in [7, 11) is 3.91. The molecule has 0 bridgehead atoms. The van der Waals surface area contributed by atoms with E-state index in [2.05, 4.69) is 20.4 Å². The normalized spacial score (nSPS) is 12.6. The topological polar surface area (TPSA) is 55.6 Å². The fraction of sp³-hybridized carbons (Fsp3) is 0.417. The summed E-state index contributed by atoms with van der Waals surface area (Å²) in [5.41, 5.74) is 2.21. The van der Waals surface area contributed by atoms with Gasteiger partial charge in [0.25, 0.3) is 0 Å². The molecule has 0 aromatic carbocycles. The highest BCUT2D eigenvalue weighted by Crippen LogP contribution is 2.15. The summed E-state index contributed by atoms with van der Waals surface area (Å²) in [6.45, 7) is 0. The number of rotatable bonds is 5. The molecule has 0 aliphatic rings. The lowest BCUT2D eigenvalue weighted by atomic mass is 10.1. The monoisotopic (exact) mass is 231 g/mol. The highest BCUT2D eigenvalue weighted by Gasteiger charge is 2.11. The third-order valence-electron chi connectivity index (χ3n) is 2.90. The average Bonchev–Trinajstić information content (AvgIpc) is 2.77. The second-order valence-electron chi connectivity index (χ2n) is 3.96. The van der Waals surface area contributed by atoms with Gasteiger partial charge in [-0.1, -0.05) is 0 Å².